The van der Waals surface area contributed by atoms with Crippen LogP contribution < -0.4 is 21.7 Å². The molecule has 3 saturated heterocycles. The van der Waals surface area contributed by atoms with Crippen molar-refractivity contribution in [3.63, 3.8) is 0 Å². The molecule has 2 unspecified atom stereocenters. The number of ether oxygens (including phenoxy) is 2. The van der Waals surface area contributed by atoms with Crippen LogP contribution in [0.3, 0.4) is 0 Å². The molecule has 3 aliphatic heterocycles. The summed E-state index contributed by atoms with van der Waals surface area (Å²) in [6.07, 6.45) is 8.34. The highest BCUT2D eigenvalue weighted by molar-refractivity contribution is 5.86. The first-order valence-electron chi connectivity index (χ1n) is 14.5. The smallest absolute Gasteiger partial charge is 0.119 e. The quantitative estimate of drug-likeness (QED) is 0.296. The van der Waals surface area contributed by atoms with Crippen molar-refractivity contribution in [1.82, 2.24) is 0 Å². The topological polar surface area (TPSA) is 38.7 Å². The fraction of sp³-hybridized carbons (Fsp3) is 0.515. The number of quaternary nitrogens is 1. The standard InChI is InChI=1S/C33H42NO3.BrH/c35-33(28-12-5-6-13-28,31-17-8-11-26-10-4-7-16-30(26)31)25-37-32-24-34(21-18-27(32)19-22-34)20-9-23-36-29-14-2-1-3-15-29;/h1-4,7-8,10-11,14-17,27-28,32,35H,5-6,9,12-13,18-25H2;1H/q+1;/p-1. The molecule has 4 fully saturated rings. The van der Waals surface area contributed by atoms with E-state index in [4.69, 9.17) is 9.47 Å². The van der Waals surface area contributed by atoms with E-state index in [1.54, 1.807) is 0 Å². The summed E-state index contributed by atoms with van der Waals surface area (Å²) in [7, 11) is 0. The third kappa shape index (κ3) is 5.67. The molecular formula is C33H42BrNO3. The van der Waals surface area contributed by atoms with E-state index in [-0.39, 0.29) is 29.0 Å². The van der Waals surface area contributed by atoms with E-state index in [0.717, 1.165) is 54.8 Å². The molecule has 1 aliphatic carbocycles. The first-order valence-corrected chi connectivity index (χ1v) is 14.5. The van der Waals surface area contributed by atoms with Crippen LogP contribution >= 0.6 is 0 Å². The van der Waals surface area contributed by atoms with Crippen LogP contribution in [0.2, 0.25) is 0 Å². The minimum Gasteiger partial charge on any atom is -1.00 e. The maximum atomic E-state index is 12.4. The Morgan fingerprint density at radius 2 is 1.55 bits per heavy atom. The third-order valence-electron chi connectivity index (χ3n) is 9.63. The second-order valence-corrected chi connectivity index (χ2v) is 11.8. The molecule has 1 saturated carbocycles. The number of para-hydroxylation sites is 1. The summed E-state index contributed by atoms with van der Waals surface area (Å²) >= 11 is 0. The largest absolute Gasteiger partial charge is 1.00 e. The van der Waals surface area contributed by atoms with Gasteiger partial charge in [-0.1, -0.05) is 73.5 Å². The van der Waals surface area contributed by atoms with Gasteiger partial charge in [0.15, 0.2) is 0 Å². The number of fused-ring (bicyclic) bond motifs is 4. The molecule has 0 amide bonds. The summed E-state index contributed by atoms with van der Waals surface area (Å²) in [5.74, 6) is 1.85. The molecule has 4 aliphatic rings. The SMILES string of the molecule is OC(COC1C[N+]2(CCCOc3ccccc3)CCC1CC2)(c1cccc2ccccc12)C1CCCC1.[Br-]. The van der Waals surface area contributed by atoms with Crippen molar-refractivity contribution in [2.75, 3.05) is 39.4 Å². The van der Waals surface area contributed by atoms with E-state index >= 15 is 0 Å². The molecule has 3 aromatic rings. The third-order valence-corrected chi connectivity index (χ3v) is 9.63. The van der Waals surface area contributed by atoms with Crippen LogP contribution in [0.25, 0.3) is 10.8 Å². The van der Waals surface area contributed by atoms with Crippen molar-refractivity contribution in [1.29, 1.82) is 0 Å². The number of benzene rings is 3. The fourth-order valence-electron chi connectivity index (χ4n) is 7.49. The van der Waals surface area contributed by atoms with Crippen molar-refractivity contribution < 1.29 is 36.0 Å². The molecule has 3 heterocycles. The molecule has 0 radical (unpaired) electrons. The number of halogens is 1. The van der Waals surface area contributed by atoms with Crippen LogP contribution in [0.4, 0.5) is 0 Å². The summed E-state index contributed by atoms with van der Waals surface area (Å²) in [5.41, 5.74) is 0.123. The summed E-state index contributed by atoms with van der Waals surface area (Å²) in [4.78, 5) is 0. The molecule has 4 nitrogen and oxygen atoms in total. The molecule has 0 aromatic heterocycles. The summed E-state index contributed by atoms with van der Waals surface area (Å²) < 4.78 is 13.9. The normalized spacial score (nSPS) is 26.7. The van der Waals surface area contributed by atoms with E-state index in [1.807, 2.05) is 30.3 Å². The van der Waals surface area contributed by atoms with Crippen LogP contribution in [-0.4, -0.2) is 55.1 Å². The van der Waals surface area contributed by atoms with Crippen molar-refractivity contribution in [3.05, 3.63) is 78.4 Å². The van der Waals surface area contributed by atoms with E-state index < -0.39 is 5.60 Å². The predicted octanol–water partition coefficient (Wildman–Crippen LogP) is 3.32. The van der Waals surface area contributed by atoms with Gasteiger partial charge in [-0.3, -0.25) is 0 Å². The average Bonchev–Trinajstić information content (AvgIpc) is 3.51. The lowest BCUT2D eigenvalue weighted by atomic mass is 9.78. The van der Waals surface area contributed by atoms with Crippen LogP contribution in [0, 0.1) is 11.8 Å². The second-order valence-electron chi connectivity index (χ2n) is 11.8. The Morgan fingerprint density at radius 3 is 2.34 bits per heavy atom. The molecule has 2 atom stereocenters. The van der Waals surface area contributed by atoms with Crippen LogP contribution in [0.15, 0.2) is 72.8 Å². The van der Waals surface area contributed by atoms with Crippen molar-refractivity contribution in [2.45, 2.75) is 56.7 Å². The summed E-state index contributed by atoms with van der Waals surface area (Å²) in [6.45, 7) is 5.91. The molecule has 3 aromatic carbocycles. The highest BCUT2D eigenvalue weighted by Gasteiger charge is 2.48. The zero-order valence-corrected chi connectivity index (χ0v) is 24.0. The van der Waals surface area contributed by atoms with Gasteiger partial charge in [-0.25, -0.2) is 0 Å². The van der Waals surface area contributed by atoms with E-state index in [0.29, 0.717) is 12.5 Å². The molecule has 38 heavy (non-hydrogen) atoms. The van der Waals surface area contributed by atoms with Gasteiger partial charge in [0, 0.05) is 25.2 Å². The van der Waals surface area contributed by atoms with E-state index in [1.165, 1.54) is 49.5 Å². The summed E-state index contributed by atoms with van der Waals surface area (Å²) in [5, 5.41) is 14.7. The molecule has 5 heteroatoms. The highest BCUT2D eigenvalue weighted by Crippen LogP contribution is 2.44. The molecular weight excluding hydrogens is 538 g/mol. The lowest BCUT2D eigenvalue weighted by molar-refractivity contribution is -0.946. The number of rotatable bonds is 10. The number of hydrogen-bond acceptors (Lipinski definition) is 3. The van der Waals surface area contributed by atoms with Crippen molar-refractivity contribution in [2.24, 2.45) is 11.8 Å². The average molecular weight is 581 g/mol. The van der Waals surface area contributed by atoms with Crippen LogP contribution in [-0.2, 0) is 10.3 Å². The minimum atomic E-state index is -0.933. The second kappa shape index (κ2) is 12.1. The Labute approximate surface area is 238 Å². The van der Waals surface area contributed by atoms with Gasteiger partial charge in [0.25, 0.3) is 0 Å². The predicted molar refractivity (Wildman–Crippen MR) is 149 cm³/mol. The van der Waals surface area contributed by atoms with Gasteiger partial charge < -0.3 is 36.0 Å². The zero-order valence-electron chi connectivity index (χ0n) is 22.4. The number of nitrogens with zero attached hydrogens (tertiary/aromatic N) is 1. The molecule has 204 valence electrons. The minimum absolute atomic E-state index is 0. The number of aliphatic hydroxyl groups is 1. The van der Waals surface area contributed by atoms with Crippen molar-refractivity contribution in [3.8, 4) is 5.75 Å². The van der Waals surface area contributed by atoms with Gasteiger partial charge in [-0.05, 0) is 47.2 Å². The first kappa shape index (κ1) is 27.6. The van der Waals surface area contributed by atoms with E-state index in [2.05, 4.69) is 42.5 Å². The van der Waals surface area contributed by atoms with Crippen LogP contribution in [0.5, 0.6) is 5.75 Å². The Hall–Kier alpha value is -1.92. The fourth-order valence-corrected chi connectivity index (χ4v) is 7.49. The maximum absolute atomic E-state index is 12.4. The molecule has 7 rings (SSSR count). The van der Waals surface area contributed by atoms with Gasteiger partial charge in [-0.2, -0.15) is 0 Å². The Morgan fingerprint density at radius 1 is 0.842 bits per heavy atom. The van der Waals surface area contributed by atoms with Crippen LogP contribution in [0.1, 0.15) is 50.5 Å². The number of hydrogen-bond donors (Lipinski definition) is 1. The zero-order chi connectivity index (χ0) is 25.1. The lowest BCUT2D eigenvalue weighted by Crippen LogP contribution is -3.00. The summed E-state index contributed by atoms with van der Waals surface area (Å²) in [6, 6.07) is 25.0. The number of piperidine rings is 3. The lowest BCUT2D eigenvalue weighted by Gasteiger charge is -2.53. The van der Waals surface area contributed by atoms with Gasteiger partial charge >= 0.3 is 0 Å². The van der Waals surface area contributed by atoms with Gasteiger partial charge in [0.05, 0.1) is 32.8 Å². The highest BCUT2D eigenvalue weighted by atomic mass is 79.9. The molecule has 0 spiro atoms. The van der Waals surface area contributed by atoms with Crippen molar-refractivity contribution >= 4 is 10.8 Å². The Bertz CT molecular complexity index is 1170. The molecule has 2 bridgehead atoms. The van der Waals surface area contributed by atoms with E-state index in [9.17, 15) is 5.11 Å². The van der Waals surface area contributed by atoms with Gasteiger partial charge in [-0.15, -0.1) is 0 Å². The van der Waals surface area contributed by atoms with Gasteiger partial charge in [0.2, 0.25) is 0 Å². The molecule has 1 N–H and O–H groups in total. The first-order chi connectivity index (χ1) is 18.2. The van der Waals surface area contributed by atoms with Gasteiger partial charge in [0.1, 0.15) is 24.0 Å². The Kier molecular flexibility index (Phi) is 8.79. The Balaban J connectivity index is 0.00000294. The maximum Gasteiger partial charge on any atom is 0.119 e. The monoisotopic (exact) mass is 579 g/mol.